The van der Waals surface area contributed by atoms with E-state index in [2.05, 4.69) is 40.6 Å². The molecule has 0 radical (unpaired) electrons. The van der Waals surface area contributed by atoms with Gasteiger partial charge in [0.25, 0.3) is 0 Å². The second kappa shape index (κ2) is 6.28. The maximum absolute atomic E-state index is 11.0. The first-order chi connectivity index (χ1) is 11.0. The first-order valence-electron chi connectivity index (χ1n) is 7.79. The van der Waals surface area contributed by atoms with Gasteiger partial charge < -0.3 is 14.8 Å². The molecule has 2 heterocycles. The predicted octanol–water partition coefficient (Wildman–Crippen LogP) is 3.19. The third-order valence-corrected chi connectivity index (χ3v) is 3.99. The molecule has 0 spiro atoms. The van der Waals surface area contributed by atoms with Gasteiger partial charge >= 0.3 is 0 Å². The summed E-state index contributed by atoms with van der Waals surface area (Å²) in [6.45, 7) is 6.08. The standard InChI is InChI=1S/C18H21N3O2/c1-11-6-15-8-17(10-19-13(3)22)20-18(15)9-14(11)4-5-16-7-12(2)23-21-16/h6-9,20H,4-5,10H2,1-3H3,(H,19,22). The van der Waals surface area contributed by atoms with E-state index in [9.17, 15) is 4.79 Å². The van der Waals surface area contributed by atoms with Crippen molar-refractivity contribution in [1.29, 1.82) is 0 Å². The second-order valence-electron chi connectivity index (χ2n) is 6.00. The lowest BCUT2D eigenvalue weighted by atomic mass is 10.0. The van der Waals surface area contributed by atoms with Gasteiger partial charge in [0.15, 0.2) is 0 Å². The van der Waals surface area contributed by atoms with Gasteiger partial charge in [-0.15, -0.1) is 0 Å². The van der Waals surface area contributed by atoms with E-state index in [0.29, 0.717) is 6.54 Å². The average molecular weight is 311 g/mol. The molecular formula is C18H21N3O2. The number of fused-ring (bicyclic) bond motifs is 1. The number of amides is 1. The highest BCUT2D eigenvalue weighted by molar-refractivity contribution is 5.82. The van der Waals surface area contributed by atoms with Crippen LogP contribution >= 0.6 is 0 Å². The molecule has 5 nitrogen and oxygen atoms in total. The minimum atomic E-state index is -0.0246. The van der Waals surface area contributed by atoms with Crippen molar-refractivity contribution in [3.05, 3.63) is 52.5 Å². The molecule has 0 saturated heterocycles. The number of carbonyl (C=O) groups is 1. The number of aromatic amines is 1. The number of hydrogen-bond donors (Lipinski definition) is 2. The number of rotatable bonds is 5. The molecule has 0 aliphatic rings. The molecule has 2 aromatic heterocycles. The van der Waals surface area contributed by atoms with Crippen LogP contribution in [0.25, 0.3) is 10.9 Å². The molecule has 0 atom stereocenters. The third-order valence-electron chi connectivity index (χ3n) is 3.99. The van der Waals surface area contributed by atoms with Crippen LogP contribution < -0.4 is 5.32 Å². The van der Waals surface area contributed by atoms with E-state index in [-0.39, 0.29) is 5.91 Å². The Hall–Kier alpha value is -2.56. The molecule has 0 fully saturated rings. The molecule has 5 heteroatoms. The van der Waals surface area contributed by atoms with Gasteiger partial charge in [-0.3, -0.25) is 4.79 Å². The molecule has 0 unspecified atom stereocenters. The molecule has 1 amide bonds. The Balaban J connectivity index is 1.77. The van der Waals surface area contributed by atoms with Gasteiger partial charge in [0, 0.05) is 24.2 Å². The zero-order valence-corrected chi connectivity index (χ0v) is 13.7. The maximum Gasteiger partial charge on any atom is 0.217 e. The van der Waals surface area contributed by atoms with Gasteiger partial charge in [-0.1, -0.05) is 5.16 Å². The van der Waals surface area contributed by atoms with Crippen LogP contribution in [0.15, 0.2) is 28.8 Å². The van der Waals surface area contributed by atoms with E-state index in [1.807, 2.05) is 13.0 Å². The molecule has 120 valence electrons. The van der Waals surface area contributed by atoms with Crippen molar-refractivity contribution in [2.24, 2.45) is 0 Å². The summed E-state index contributed by atoms with van der Waals surface area (Å²) in [7, 11) is 0. The van der Waals surface area contributed by atoms with Crippen LogP contribution in [0.4, 0.5) is 0 Å². The van der Waals surface area contributed by atoms with Gasteiger partial charge in [-0.2, -0.15) is 0 Å². The lowest BCUT2D eigenvalue weighted by molar-refractivity contribution is -0.119. The molecule has 3 aromatic rings. The van der Waals surface area contributed by atoms with Crippen LogP contribution in [0.2, 0.25) is 0 Å². The van der Waals surface area contributed by atoms with E-state index in [1.54, 1.807) is 0 Å². The summed E-state index contributed by atoms with van der Waals surface area (Å²) in [5.41, 5.74) is 5.66. The lowest BCUT2D eigenvalue weighted by Gasteiger charge is -2.05. The van der Waals surface area contributed by atoms with Crippen molar-refractivity contribution in [3.63, 3.8) is 0 Å². The minimum Gasteiger partial charge on any atom is -0.361 e. The largest absolute Gasteiger partial charge is 0.361 e. The van der Waals surface area contributed by atoms with Crippen molar-refractivity contribution in [2.75, 3.05) is 0 Å². The highest BCUT2D eigenvalue weighted by Gasteiger charge is 2.08. The molecular weight excluding hydrogens is 290 g/mol. The topological polar surface area (TPSA) is 70.9 Å². The maximum atomic E-state index is 11.0. The zero-order valence-electron chi connectivity index (χ0n) is 13.7. The SMILES string of the molecule is CC(=O)NCc1cc2cc(C)c(CCc3cc(C)on3)cc2[nH]1. The average Bonchev–Trinajstić information content (AvgIpc) is 3.08. The Morgan fingerprint density at radius 1 is 1.22 bits per heavy atom. The van der Waals surface area contributed by atoms with E-state index in [0.717, 1.165) is 35.5 Å². The fourth-order valence-corrected chi connectivity index (χ4v) is 2.78. The second-order valence-corrected chi connectivity index (χ2v) is 6.00. The van der Waals surface area contributed by atoms with E-state index >= 15 is 0 Å². The van der Waals surface area contributed by atoms with Crippen molar-refractivity contribution in [3.8, 4) is 0 Å². The number of H-pyrrole nitrogens is 1. The molecule has 0 saturated carbocycles. The monoisotopic (exact) mass is 311 g/mol. The molecule has 1 aromatic carbocycles. The van der Waals surface area contributed by atoms with Crippen LogP contribution in [0.1, 0.15) is 35.2 Å². The number of aromatic nitrogens is 2. The fraction of sp³-hybridized carbons (Fsp3) is 0.333. The van der Waals surface area contributed by atoms with Crippen molar-refractivity contribution < 1.29 is 9.32 Å². The molecule has 3 rings (SSSR count). The summed E-state index contributed by atoms with van der Waals surface area (Å²) < 4.78 is 5.11. The Bertz CT molecular complexity index is 845. The van der Waals surface area contributed by atoms with Gasteiger partial charge in [0.2, 0.25) is 5.91 Å². The summed E-state index contributed by atoms with van der Waals surface area (Å²) in [6, 6.07) is 8.44. The summed E-state index contributed by atoms with van der Waals surface area (Å²) in [5.74, 6) is 0.822. The summed E-state index contributed by atoms with van der Waals surface area (Å²) >= 11 is 0. The summed E-state index contributed by atoms with van der Waals surface area (Å²) in [6.07, 6.45) is 1.79. The third kappa shape index (κ3) is 3.62. The molecule has 0 bridgehead atoms. The van der Waals surface area contributed by atoms with E-state index < -0.39 is 0 Å². The van der Waals surface area contributed by atoms with Gasteiger partial charge in [-0.25, -0.2) is 0 Å². The van der Waals surface area contributed by atoms with Crippen molar-refractivity contribution >= 4 is 16.8 Å². The number of carbonyl (C=O) groups excluding carboxylic acids is 1. The molecule has 0 aliphatic carbocycles. The minimum absolute atomic E-state index is 0.0246. The normalized spacial score (nSPS) is 11.1. The molecule has 2 N–H and O–H groups in total. The van der Waals surface area contributed by atoms with Gasteiger partial charge in [0.1, 0.15) is 5.76 Å². The van der Waals surface area contributed by atoms with Crippen molar-refractivity contribution in [2.45, 2.75) is 40.2 Å². The predicted molar refractivity (Wildman–Crippen MR) is 89.2 cm³/mol. The number of nitrogens with zero attached hydrogens (tertiary/aromatic N) is 1. The highest BCUT2D eigenvalue weighted by Crippen LogP contribution is 2.22. The van der Waals surface area contributed by atoms with Gasteiger partial charge in [-0.05, 0) is 61.4 Å². The number of hydrogen-bond acceptors (Lipinski definition) is 3. The first-order valence-corrected chi connectivity index (χ1v) is 7.79. The van der Waals surface area contributed by atoms with E-state index in [1.165, 1.54) is 23.4 Å². The number of nitrogens with one attached hydrogen (secondary N) is 2. The fourth-order valence-electron chi connectivity index (χ4n) is 2.78. The smallest absolute Gasteiger partial charge is 0.217 e. The number of aryl methyl sites for hydroxylation is 4. The van der Waals surface area contributed by atoms with Crippen LogP contribution in [0.5, 0.6) is 0 Å². The Kier molecular flexibility index (Phi) is 4.19. The Labute approximate surface area is 135 Å². The Morgan fingerprint density at radius 3 is 2.74 bits per heavy atom. The highest BCUT2D eigenvalue weighted by atomic mass is 16.5. The Morgan fingerprint density at radius 2 is 2.04 bits per heavy atom. The zero-order chi connectivity index (χ0) is 16.4. The van der Waals surface area contributed by atoms with E-state index in [4.69, 9.17) is 4.52 Å². The number of benzene rings is 1. The lowest BCUT2D eigenvalue weighted by Crippen LogP contribution is -2.18. The van der Waals surface area contributed by atoms with Crippen LogP contribution in [-0.4, -0.2) is 16.0 Å². The summed E-state index contributed by atoms with van der Waals surface area (Å²) in [5, 5.41) is 8.03. The molecule has 23 heavy (non-hydrogen) atoms. The first kappa shape index (κ1) is 15.3. The van der Waals surface area contributed by atoms with Gasteiger partial charge in [0.05, 0.1) is 12.2 Å². The molecule has 0 aliphatic heterocycles. The van der Waals surface area contributed by atoms with Crippen LogP contribution in [0.3, 0.4) is 0 Å². The summed E-state index contributed by atoms with van der Waals surface area (Å²) in [4.78, 5) is 14.4. The van der Waals surface area contributed by atoms with Crippen LogP contribution in [0, 0.1) is 13.8 Å². The van der Waals surface area contributed by atoms with Crippen molar-refractivity contribution in [1.82, 2.24) is 15.5 Å². The quantitative estimate of drug-likeness (QED) is 0.760. The van der Waals surface area contributed by atoms with Crippen LogP contribution in [-0.2, 0) is 24.2 Å².